The van der Waals surface area contributed by atoms with E-state index in [1.165, 1.54) is 0 Å². The van der Waals surface area contributed by atoms with E-state index in [4.69, 9.17) is 4.74 Å². The summed E-state index contributed by atoms with van der Waals surface area (Å²) in [6.45, 7) is 2.85. The molecule has 9 heteroatoms. The van der Waals surface area contributed by atoms with Gasteiger partial charge in [-0.3, -0.25) is 4.79 Å². The number of benzene rings is 1. The number of fused-ring (bicyclic) bond motifs is 1. The van der Waals surface area contributed by atoms with Crippen LogP contribution in [0.2, 0.25) is 0 Å². The number of carbonyl (C=O) groups excluding carboxylic acids is 3. The van der Waals surface area contributed by atoms with Crippen molar-refractivity contribution in [1.82, 2.24) is 19.6 Å². The molecule has 3 heterocycles. The molecule has 0 aliphatic carbocycles. The number of nitrogens with zero attached hydrogens (tertiary/aromatic N) is 4. The molecule has 0 bridgehead atoms. The zero-order chi connectivity index (χ0) is 23.1. The number of ether oxygens (including phenoxy) is 1. The maximum atomic E-state index is 13.3. The highest BCUT2D eigenvalue weighted by Gasteiger charge is 2.65. The fourth-order valence-electron chi connectivity index (χ4n) is 5.73. The third-order valence-corrected chi connectivity index (χ3v) is 7.58. The summed E-state index contributed by atoms with van der Waals surface area (Å²) in [6.07, 6.45) is 2.17. The Bertz CT molecular complexity index is 911. The predicted molar refractivity (Wildman–Crippen MR) is 121 cm³/mol. The molecule has 0 aromatic heterocycles. The molecule has 174 valence electrons. The van der Waals surface area contributed by atoms with E-state index in [0.29, 0.717) is 57.0 Å². The summed E-state index contributed by atoms with van der Waals surface area (Å²) in [6, 6.07) is 7.07. The summed E-state index contributed by atoms with van der Waals surface area (Å²) < 4.78 is 5.23. The van der Waals surface area contributed by atoms with Crippen LogP contribution in [0.25, 0.3) is 0 Å². The molecular weight excluding hydrogens is 410 g/mol. The molecule has 32 heavy (non-hydrogen) atoms. The Morgan fingerprint density at radius 3 is 2.38 bits per heavy atom. The van der Waals surface area contributed by atoms with Gasteiger partial charge in [-0.25, -0.2) is 9.59 Å². The predicted octanol–water partition coefficient (Wildman–Crippen LogP) is 2.15. The Hall–Kier alpha value is -2.97. The smallest absolute Gasteiger partial charge is 0.321 e. The minimum atomic E-state index is -0.553. The lowest BCUT2D eigenvalue weighted by atomic mass is 9.60. The molecule has 3 fully saturated rings. The van der Waals surface area contributed by atoms with Crippen LogP contribution in [0.5, 0.6) is 5.75 Å². The zero-order valence-electron chi connectivity index (χ0n) is 19.4. The quantitative estimate of drug-likeness (QED) is 0.759. The number of likely N-dealkylation sites (tertiary alicyclic amines) is 3. The molecule has 1 N–H and O–H groups in total. The van der Waals surface area contributed by atoms with Gasteiger partial charge in [0.2, 0.25) is 5.91 Å². The molecule has 1 atom stereocenters. The van der Waals surface area contributed by atoms with Crippen LogP contribution < -0.4 is 10.1 Å². The van der Waals surface area contributed by atoms with E-state index in [1.807, 2.05) is 30.1 Å². The molecular formula is C23H33N5O4. The Morgan fingerprint density at radius 1 is 1.06 bits per heavy atom. The maximum Gasteiger partial charge on any atom is 0.321 e. The van der Waals surface area contributed by atoms with Gasteiger partial charge >= 0.3 is 12.1 Å². The van der Waals surface area contributed by atoms with E-state index in [0.717, 1.165) is 6.42 Å². The number of urea groups is 2. The minimum Gasteiger partial charge on any atom is -0.497 e. The van der Waals surface area contributed by atoms with Gasteiger partial charge in [0.1, 0.15) is 5.75 Å². The first kappa shape index (κ1) is 22.2. The van der Waals surface area contributed by atoms with E-state index >= 15 is 0 Å². The highest BCUT2D eigenvalue weighted by atomic mass is 16.5. The second kappa shape index (κ2) is 8.18. The number of amides is 5. The molecule has 9 nitrogen and oxygen atoms in total. The van der Waals surface area contributed by atoms with E-state index in [9.17, 15) is 14.4 Å². The third kappa shape index (κ3) is 3.53. The molecule has 0 saturated carbocycles. The Balaban J connectivity index is 1.50. The van der Waals surface area contributed by atoms with Crippen LogP contribution in [0, 0.1) is 10.8 Å². The molecule has 1 aromatic carbocycles. The zero-order valence-corrected chi connectivity index (χ0v) is 19.4. The van der Waals surface area contributed by atoms with Gasteiger partial charge in [0, 0.05) is 71.0 Å². The minimum absolute atomic E-state index is 0.0539. The topological polar surface area (TPSA) is 85.4 Å². The second-order valence-corrected chi connectivity index (χ2v) is 9.52. The lowest BCUT2D eigenvalue weighted by Crippen LogP contribution is -2.54. The first-order valence-corrected chi connectivity index (χ1v) is 11.1. The normalized spacial score (nSPS) is 24.4. The molecule has 1 aromatic rings. The molecule has 3 aliphatic heterocycles. The fraction of sp³-hybridized carbons (Fsp3) is 0.609. The summed E-state index contributed by atoms with van der Waals surface area (Å²) in [4.78, 5) is 46.0. The molecule has 0 unspecified atom stereocenters. The van der Waals surface area contributed by atoms with Crippen molar-refractivity contribution >= 4 is 23.7 Å². The highest BCUT2D eigenvalue weighted by Crippen LogP contribution is 2.57. The van der Waals surface area contributed by atoms with Crippen LogP contribution in [0.15, 0.2) is 24.3 Å². The first-order chi connectivity index (χ1) is 15.2. The molecule has 3 saturated heterocycles. The number of hydrogen-bond donors (Lipinski definition) is 1. The van der Waals surface area contributed by atoms with Crippen LogP contribution in [0.3, 0.4) is 0 Å². The van der Waals surface area contributed by atoms with Gasteiger partial charge in [-0.1, -0.05) is 6.07 Å². The van der Waals surface area contributed by atoms with Crippen molar-refractivity contribution in [3.8, 4) is 5.75 Å². The third-order valence-electron chi connectivity index (χ3n) is 7.58. The van der Waals surface area contributed by atoms with Crippen molar-refractivity contribution in [2.45, 2.75) is 19.3 Å². The molecule has 2 spiro atoms. The second-order valence-electron chi connectivity index (χ2n) is 9.52. The van der Waals surface area contributed by atoms with Crippen molar-refractivity contribution in [2.24, 2.45) is 10.8 Å². The number of hydrogen-bond acceptors (Lipinski definition) is 4. The highest BCUT2D eigenvalue weighted by molar-refractivity contribution is 5.90. The average Bonchev–Trinajstić information content (AvgIpc) is 3.26. The lowest BCUT2D eigenvalue weighted by molar-refractivity contribution is -0.140. The number of rotatable bonds is 2. The summed E-state index contributed by atoms with van der Waals surface area (Å²) in [5.74, 6) is 0.823. The van der Waals surface area contributed by atoms with Crippen molar-refractivity contribution in [1.29, 1.82) is 0 Å². The number of anilines is 1. The Morgan fingerprint density at radius 2 is 1.78 bits per heavy atom. The number of carbonyl (C=O) groups is 3. The van der Waals surface area contributed by atoms with Crippen molar-refractivity contribution < 1.29 is 19.1 Å². The van der Waals surface area contributed by atoms with E-state index in [-0.39, 0.29) is 23.4 Å². The monoisotopic (exact) mass is 443 g/mol. The Kier molecular flexibility index (Phi) is 5.68. The summed E-state index contributed by atoms with van der Waals surface area (Å²) in [7, 11) is 6.93. The standard InChI is InChI=1S/C23H33N5O4/c1-25(2)21(31)28-15-22(23(16-28)10-11-26(3)19(23)29)8-12-27(13-9-22)20(30)24-17-6-5-7-18(14-17)32-4/h5-7,14H,8-13,15-16H2,1-4H3,(H,24,30)/t23-/m1/s1. The van der Waals surface area contributed by atoms with Gasteiger partial charge in [0.15, 0.2) is 0 Å². The number of nitrogens with one attached hydrogen (secondary N) is 1. The van der Waals surface area contributed by atoms with E-state index < -0.39 is 5.41 Å². The lowest BCUT2D eigenvalue weighted by Gasteiger charge is -2.46. The first-order valence-electron chi connectivity index (χ1n) is 11.1. The van der Waals surface area contributed by atoms with Gasteiger partial charge in [0.05, 0.1) is 12.5 Å². The summed E-state index contributed by atoms with van der Waals surface area (Å²) in [5, 5.41) is 2.94. The van der Waals surface area contributed by atoms with Gasteiger partial charge in [-0.2, -0.15) is 0 Å². The summed E-state index contributed by atoms with van der Waals surface area (Å²) >= 11 is 0. The molecule has 4 rings (SSSR count). The van der Waals surface area contributed by atoms with Gasteiger partial charge in [-0.05, 0) is 31.4 Å². The summed E-state index contributed by atoms with van der Waals surface area (Å²) in [5.41, 5.74) is -0.168. The fourth-order valence-corrected chi connectivity index (χ4v) is 5.73. The molecule has 5 amide bonds. The van der Waals surface area contributed by atoms with Crippen LogP contribution in [0.1, 0.15) is 19.3 Å². The van der Waals surface area contributed by atoms with Crippen molar-refractivity contribution in [3.05, 3.63) is 24.3 Å². The maximum absolute atomic E-state index is 13.3. The number of piperidine rings is 1. The SMILES string of the molecule is COc1cccc(NC(=O)N2CCC3(CC2)CN(C(=O)N(C)C)C[C@@]32CCN(C)C2=O)c1. The van der Waals surface area contributed by atoms with E-state index in [2.05, 4.69) is 5.32 Å². The van der Waals surface area contributed by atoms with E-state index in [1.54, 1.807) is 42.0 Å². The largest absolute Gasteiger partial charge is 0.497 e. The van der Waals surface area contributed by atoms with Crippen molar-refractivity contribution in [3.63, 3.8) is 0 Å². The van der Waals surface area contributed by atoms with Gasteiger partial charge < -0.3 is 29.7 Å². The molecule has 3 aliphatic rings. The van der Waals surface area contributed by atoms with Crippen LogP contribution in [-0.2, 0) is 4.79 Å². The molecule has 0 radical (unpaired) electrons. The number of methoxy groups -OCH3 is 1. The average molecular weight is 444 g/mol. The van der Waals surface area contributed by atoms with Gasteiger partial charge in [-0.15, -0.1) is 0 Å². The van der Waals surface area contributed by atoms with Crippen LogP contribution in [-0.4, -0.2) is 98.5 Å². The van der Waals surface area contributed by atoms with Gasteiger partial charge in [0.25, 0.3) is 0 Å². The Labute approximate surface area is 189 Å². The van der Waals surface area contributed by atoms with Crippen LogP contribution >= 0.6 is 0 Å². The van der Waals surface area contributed by atoms with Crippen molar-refractivity contribution in [2.75, 3.05) is 66.3 Å². The van der Waals surface area contributed by atoms with Crippen LogP contribution in [0.4, 0.5) is 15.3 Å².